The largest absolute Gasteiger partial charge is 0.426 e. The van der Waals surface area contributed by atoms with E-state index in [1.54, 1.807) is 0 Å². The van der Waals surface area contributed by atoms with Crippen molar-refractivity contribution in [2.24, 2.45) is 5.92 Å². The zero-order valence-corrected chi connectivity index (χ0v) is 19.7. The SMILES string of the molecule is Cc1ccn2c(NCc3ccccc3)c(-c3ccccc3OC(=O)CCC3CCCC3)nc2c1. The van der Waals surface area contributed by atoms with Gasteiger partial charge in [0.1, 0.15) is 22.9 Å². The molecule has 0 radical (unpaired) electrons. The van der Waals surface area contributed by atoms with Crippen molar-refractivity contribution in [1.82, 2.24) is 9.38 Å². The molecule has 174 valence electrons. The lowest BCUT2D eigenvalue weighted by Gasteiger charge is -2.13. The molecule has 2 heterocycles. The second-order valence-electron chi connectivity index (χ2n) is 9.24. The van der Waals surface area contributed by atoms with Crippen LogP contribution in [0.3, 0.4) is 0 Å². The molecule has 1 N–H and O–H groups in total. The standard InChI is InChI=1S/C29H31N3O2/c1-21-17-18-32-26(19-21)31-28(29(32)30-20-23-11-3-2-4-12-23)24-13-7-8-14-25(24)34-27(33)16-15-22-9-5-6-10-22/h2-4,7-8,11-14,17-19,22,30H,5-6,9-10,15-16,20H2,1H3. The zero-order valence-electron chi connectivity index (χ0n) is 19.7. The number of carbonyl (C=O) groups excluding carboxylic acids is 1. The van der Waals surface area contributed by atoms with E-state index in [-0.39, 0.29) is 5.97 Å². The number of ether oxygens (including phenoxy) is 1. The Balaban J connectivity index is 1.44. The van der Waals surface area contributed by atoms with Gasteiger partial charge in [0.2, 0.25) is 0 Å². The van der Waals surface area contributed by atoms with E-state index in [9.17, 15) is 4.79 Å². The Morgan fingerprint density at radius 2 is 1.82 bits per heavy atom. The molecule has 1 aliphatic carbocycles. The van der Waals surface area contributed by atoms with E-state index in [0.29, 0.717) is 24.6 Å². The van der Waals surface area contributed by atoms with Crippen molar-refractivity contribution in [3.63, 3.8) is 0 Å². The maximum atomic E-state index is 12.7. The Kier molecular flexibility index (Phi) is 6.61. The number of carbonyl (C=O) groups is 1. The highest BCUT2D eigenvalue weighted by molar-refractivity contribution is 5.83. The van der Waals surface area contributed by atoms with Gasteiger partial charge in [-0.2, -0.15) is 0 Å². The third kappa shape index (κ3) is 4.98. The van der Waals surface area contributed by atoms with Gasteiger partial charge in [-0.1, -0.05) is 68.1 Å². The number of benzene rings is 2. The van der Waals surface area contributed by atoms with Crippen LogP contribution in [-0.4, -0.2) is 15.4 Å². The molecule has 0 amide bonds. The maximum absolute atomic E-state index is 12.7. The normalized spacial score (nSPS) is 13.9. The van der Waals surface area contributed by atoms with Crippen molar-refractivity contribution in [2.75, 3.05) is 5.32 Å². The number of rotatable bonds is 8. The van der Waals surface area contributed by atoms with Crippen LogP contribution in [0, 0.1) is 12.8 Å². The van der Waals surface area contributed by atoms with Gasteiger partial charge in [0.05, 0.1) is 0 Å². The molecule has 5 rings (SSSR count). The Labute approximate surface area is 200 Å². The van der Waals surface area contributed by atoms with Crippen molar-refractivity contribution in [1.29, 1.82) is 0 Å². The number of para-hydroxylation sites is 1. The number of fused-ring (bicyclic) bond motifs is 1. The molecule has 1 saturated carbocycles. The van der Waals surface area contributed by atoms with Crippen LogP contribution in [0.4, 0.5) is 5.82 Å². The molecular formula is C29H31N3O2. The van der Waals surface area contributed by atoms with Gasteiger partial charge in [0.15, 0.2) is 0 Å². The van der Waals surface area contributed by atoms with Gasteiger partial charge in [-0.25, -0.2) is 4.98 Å². The molecule has 2 aromatic carbocycles. The van der Waals surface area contributed by atoms with Crippen LogP contribution in [0.5, 0.6) is 5.75 Å². The third-order valence-corrected chi connectivity index (χ3v) is 6.68. The van der Waals surface area contributed by atoms with E-state index in [2.05, 4.69) is 40.9 Å². The summed E-state index contributed by atoms with van der Waals surface area (Å²) in [6, 6.07) is 22.1. The van der Waals surface area contributed by atoms with E-state index in [4.69, 9.17) is 9.72 Å². The van der Waals surface area contributed by atoms with Crippen LogP contribution < -0.4 is 10.1 Å². The summed E-state index contributed by atoms with van der Waals surface area (Å²) in [5.74, 6) is 1.94. The molecule has 5 heteroatoms. The van der Waals surface area contributed by atoms with Gasteiger partial charge in [0, 0.05) is 24.7 Å². The second-order valence-corrected chi connectivity index (χ2v) is 9.24. The van der Waals surface area contributed by atoms with Gasteiger partial charge >= 0.3 is 5.97 Å². The number of hydrogen-bond donors (Lipinski definition) is 1. The van der Waals surface area contributed by atoms with Crippen molar-refractivity contribution < 1.29 is 9.53 Å². The zero-order chi connectivity index (χ0) is 23.3. The van der Waals surface area contributed by atoms with E-state index < -0.39 is 0 Å². The average molecular weight is 454 g/mol. The van der Waals surface area contributed by atoms with Gasteiger partial charge in [-0.3, -0.25) is 9.20 Å². The monoisotopic (exact) mass is 453 g/mol. The van der Waals surface area contributed by atoms with Crippen molar-refractivity contribution in [2.45, 2.75) is 52.0 Å². The number of aryl methyl sites for hydroxylation is 1. The molecule has 0 saturated heterocycles. The predicted molar refractivity (Wildman–Crippen MR) is 136 cm³/mol. The molecule has 0 atom stereocenters. The fourth-order valence-electron chi connectivity index (χ4n) is 4.83. The average Bonchev–Trinajstić information content (AvgIpc) is 3.50. The first-order valence-corrected chi connectivity index (χ1v) is 12.2. The molecule has 0 aliphatic heterocycles. The molecular weight excluding hydrogens is 422 g/mol. The molecule has 1 aliphatic rings. The lowest BCUT2D eigenvalue weighted by atomic mass is 10.0. The highest BCUT2D eigenvalue weighted by Gasteiger charge is 2.21. The number of nitrogens with one attached hydrogen (secondary N) is 1. The quantitative estimate of drug-likeness (QED) is 0.235. The lowest BCUT2D eigenvalue weighted by Crippen LogP contribution is -2.10. The van der Waals surface area contributed by atoms with Crippen LogP contribution >= 0.6 is 0 Å². The molecule has 2 aromatic heterocycles. The van der Waals surface area contributed by atoms with Crippen LogP contribution in [-0.2, 0) is 11.3 Å². The van der Waals surface area contributed by atoms with E-state index in [1.165, 1.54) is 31.2 Å². The Morgan fingerprint density at radius 1 is 1.06 bits per heavy atom. The highest BCUT2D eigenvalue weighted by Crippen LogP contribution is 2.36. The highest BCUT2D eigenvalue weighted by atomic mass is 16.5. The first-order chi connectivity index (χ1) is 16.7. The minimum absolute atomic E-state index is 0.169. The van der Waals surface area contributed by atoms with Crippen molar-refractivity contribution in [3.05, 3.63) is 84.1 Å². The number of esters is 1. The Morgan fingerprint density at radius 3 is 2.65 bits per heavy atom. The van der Waals surface area contributed by atoms with E-state index >= 15 is 0 Å². The summed E-state index contributed by atoms with van der Waals surface area (Å²) >= 11 is 0. The number of pyridine rings is 1. The molecule has 0 spiro atoms. The lowest BCUT2D eigenvalue weighted by molar-refractivity contribution is -0.134. The number of aromatic nitrogens is 2. The smallest absolute Gasteiger partial charge is 0.311 e. The van der Waals surface area contributed by atoms with Gasteiger partial charge in [-0.05, 0) is 54.7 Å². The first kappa shape index (κ1) is 22.2. The molecule has 4 aromatic rings. The molecule has 0 unspecified atom stereocenters. The number of imidazole rings is 1. The molecule has 1 fully saturated rings. The van der Waals surface area contributed by atoms with Gasteiger partial charge in [0.25, 0.3) is 0 Å². The minimum atomic E-state index is -0.169. The molecule has 0 bridgehead atoms. The van der Waals surface area contributed by atoms with Crippen LogP contribution in [0.2, 0.25) is 0 Å². The second kappa shape index (κ2) is 10.1. The third-order valence-electron chi connectivity index (χ3n) is 6.68. The van der Waals surface area contributed by atoms with Crippen LogP contribution in [0.25, 0.3) is 16.9 Å². The van der Waals surface area contributed by atoms with Crippen molar-refractivity contribution >= 4 is 17.4 Å². The fourth-order valence-corrected chi connectivity index (χ4v) is 4.83. The summed E-state index contributed by atoms with van der Waals surface area (Å²) in [5, 5.41) is 3.57. The van der Waals surface area contributed by atoms with Crippen LogP contribution in [0.1, 0.15) is 49.7 Å². The first-order valence-electron chi connectivity index (χ1n) is 12.2. The topological polar surface area (TPSA) is 55.6 Å². The number of hydrogen-bond acceptors (Lipinski definition) is 4. The Hall–Kier alpha value is -3.60. The van der Waals surface area contributed by atoms with E-state index in [0.717, 1.165) is 34.7 Å². The number of nitrogens with zero attached hydrogens (tertiary/aromatic N) is 2. The summed E-state index contributed by atoms with van der Waals surface area (Å²) < 4.78 is 7.94. The van der Waals surface area contributed by atoms with Gasteiger partial charge in [-0.15, -0.1) is 0 Å². The maximum Gasteiger partial charge on any atom is 0.311 e. The number of anilines is 1. The van der Waals surface area contributed by atoms with Gasteiger partial charge < -0.3 is 10.1 Å². The minimum Gasteiger partial charge on any atom is -0.426 e. The molecule has 5 nitrogen and oxygen atoms in total. The fraction of sp³-hybridized carbons (Fsp3) is 0.310. The van der Waals surface area contributed by atoms with Crippen molar-refractivity contribution in [3.8, 4) is 17.0 Å². The van der Waals surface area contributed by atoms with Crippen LogP contribution in [0.15, 0.2) is 72.9 Å². The van der Waals surface area contributed by atoms with E-state index in [1.807, 2.05) is 48.7 Å². The Bertz CT molecular complexity index is 1270. The summed E-state index contributed by atoms with van der Waals surface area (Å²) in [4.78, 5) is 17.6. The summed E-state index contributed by atoms with van der Waals surface area (Å²) in [6.07, 6.45) is 8.46. The predicted octanol–water partition coefficient (Wildman–Crippen LogP) is 6.80. The molecule has 34 heavy (non-hydrogen) atoms. The summed E-state index contributed by atoms with van der Waals surface area (Å²) in [5.41, 5.74) is 4.77. The summed E-state index contributed by atoms with van der Waals surface area (Å²) in [6.45, 7) is 2.73. The summed E-state index contributed by atoms with van der Waals surface area (Å²) in [7, 11) is 0.